The Kier molecular flexibility index (Phi) is 7.40. The monoisotopic (exact) mass is 542 g/mol. The summed E-state index contributed by atoms with van der Waals surface area (Å²) in [6.07, 6.45) is -0.722. The molecule has 0 heterocycles. The van der Waals surface area contributed by atoms with E-state index in [1.54, 1.807) is 0 Å². The van der Waals surface area contributed by atoms with Gasteiger partial charge in [0, 0.05) is 12.1 Å². The number of aliphatic hydroxyl groups is 1. The summed E-state index contributed by atoms with van der Waals surface area (Å²) in [6, 6.07) is 7.46. The SMILES string of the molecule is O=C(COc1ccc(Cl)c(F)c1)NC12CCC(NC(=O)COc3ccc(Cl)c(F)c3)(CC1)C(O)C2=O. The molecule has 0 spiro atoms. The van der Waals surface area contributed by atoms with Crippen LogP contribution < -0.4 is 20.1 Å². The molecule has 2 bridgehead atoms. The first-order valence-electron chi connectivity index (χ1n) is 11.0. The highest BCUT2D eigenvalue weighted by molar-refractivity contribution is 6.31. The Morgan fingerprint density at radius 2 is 1.36 bits per heavy atom. The second kappa shape index (κ2) is 10.2. The van der Waals surface area contributed by atoms with Gasteiger partial charge in [0.1, 0.15) is 34.8 Å². The van der Waals surface area contributed by atoms with Gasteiger partial charge in [-0.15, -0.1) is 0 Å². The van der Waals surface area contributed by atoms with E-state index in [4.69, 9.17) is 32.7 Å². The van der Waals surface area contributed by atoms with E-state index in [1.807, 2.05) is 0 Å². The molecule has 3 saturated carbocycles. The van der Waals surface area contributed by atoms with Crippen LogP contribution in [-0.4, -0.2) is 53.1 Å². The van der Waals surface area contributed by atoms with Crippen molar-refractivity contribution in [3.05, 3.63) is 58.1 Å². The maximum absolute atomic E-state index is 13.5. The van der Waals surface area contributed by atoms with E-state index in [2.05, 4.69) is 10.6 Å². The van der Waals surface area contributed by atoms with Crippen molar-refractivity contribution < 1.29 is 37.7 Å². The van der Waals surface area contributed by atoms with Gasteiger partial charge in [0.15, 0.2) is 19.0 Å². The van der Waals surface area contributed by atoms with Crippen LogP contribution in [0, 0.1) is 11.6 Å². The Hall–Kier alpha value is -2.95. The number of ether oxygens (including phenoxy) is 2. The maximum atomic E-state index is 13.5. The number of carbonyl (C=O) groups is 3. The quantitative estimate of drug-likeness (QED) is 0.472. The lowest BCUT2D eigenvalue weighted by Crippen LogP contribution is -2.75. The molecule has 5 rings (SSSR count). The third kappa shape index (κ3) is 5.25. The maximum Gasteiger partial charge on any atom is 0.258 e. The van der Waals surface area contributed by atoms with Gasteiger partial charge in [0.25, 0.3) is 11.8 Å². The molecule has 0 radical (unpaired) electrons. The second-order valence-corrected chi connectivity index (χ2v) is 9.64. The molecule has 1 unspecified atom stereocenters. The van der Waals surface area contributed by atoms with Gasteiger partial charge < -0.3 is 25.2 Å². The fourth-order valence-corrected chi connectivity index (χ4v) is 4.82. The van der Waals surface area contributed by atoms with Crippen LogP contribution in [0.25, 0.3) is 0 Å². The zero-order chi connectivity index (χ0) is 26.1. The van der Waals surface area contributed by atoms with Gasteiger partial charge >= 0.3 is 0 Å². The van der Waals surface area contributed by atoms with E-state index in [9.17, 15) is 28.3 Å². The number of amides is 2. The first-order chi connectivity index (χ1) is 17.0. The molecule has 1 atom stereocenters. The van der Waals surface area contributed by atoms with Crippen molar-refractivity contribution in [2.24, 2.45) is 0 Å². The van der Waals surface area contributed by atoms with Gasteiger partial charge in [0.05, 0.1) is 15.6 Å². The van der Waals surface area contributed by atoms with E-state index in [1.165, 1.54) is 24.3 Å². The molecule has 0 saturated heterocycles. The van der Waals surface area contributed by atoms with Crippen LogP contribution >= 0.6 is 23.2 Å². The predicted octanol–water partition coefficient (Wildman–Crippen LogP) is 2.96. The third-order valence-corrected chi connectivity index (χ3v) is 7.14. The summed E-state index contributed by atoms with van der Waals surface area (Å²) in [5.41, 5.74) is -2.50. The Balaban J connectivity index is 1.32. The van der Waals surface area contributed by atoms with Crippen LogP contribution in [0.15, 0.2) is 36.4 Å². The number of Topliss-reactive ketones (excluding diaryl/α,β-unsaturated/α-hetero) is 1. The van der Waals surface area contributed by atoms with Gasteiger partial charge in [-0.2, -0.15) is 0 Å². The lowest BCUT2D eigenvalue weighted by Gasteiger charge is -2.54. The van der Waals surface area contributed by atoms with Crippen molar-refractivity contribution in [1.82, 2.24) is 10.6 Å². The molecule has 2 aromatic rings. The number of fused-ring (bicyclic) bond motifs is 3. The average molecular weight is 543 g/mol. The lowest BCUT2D eigenvalue weighted by atomic mass is 9.59. The van der Waals surface area contributed by atoms with E-state index in [-0.39, 0.29) is 47.2 Å². The highest BCUT2D eigenvalue weighted by Gasteiger charge is 2.61. The number of benzene rings is 2. The van der Waals surface area contributed by atoms with Crippen molar-refractivity contribution in [3.63, 3.8) is 0 Å². The highest BCUT2D eigenvalue weighted by Crippen LogP contribution is 2.45. The van der Waals surface area contributed by atoms with Crippen molar-refractivity contribution in [2.75, 3.05) is 13.2 Å². The van der Waals surface area contributed by atoms with Crippen molar-refractivity contribution >= 4 is 40.8 Å². The summed E-state index contributed by atoms with van der Waals surface area (Å²) < 4.78 is 37.6. The fraction of sp³-hybridized carbons (Fsp3) is 0.375. The van der Waals surface area contributed by atoms with E-state index < -0.39 is 59.6 Å². The number of aliphatic hydroxyl groups excluding tert-OH is 1. The highest BCUT2D eigenvalue weighted by atomic mass is 35.5. The van der Waals surface area contributed by atoms with Crippen LogP contribution in [0.1, 0.15) is 25.7 Å². The molecule has 0 aliphatic heterocycles. The molecule has 8 nitrogen and oxygen atoms in total. The topological polar surface area (TPSA) is 114 Å². The number of nitrogens with one attached hydrogen (secondary N) is 2. The summed E-state index contributed by atoms with van der Waals surface area (Å²) in [6.45, 7) is -0.940. The summed E-state index contributed by atoms with van der Waals surface area (Å²) in [4.78, 5) is 38.0. The van der Waals surface area contributed by atoms with Crippen molar-refractivity contribution in [3.8, 4) is 11.5 Å². The molecule has 3 aliphatic carbocycles. The van der Waals surface area contributed by atoms with Crippen LogP contribution in [0.2, 0.25) is 10.0 Å². The van der Waals surface area contributed by atoms with E-state index >= 15 is 0 Å². The van der Waals surface area contributed by atoms with Crippen molar-refractivity contribution in [1.29, 1.82) is 0 Å². The number of carbonyl (C=O) groups excluding carboxylic acids is 3. The molecule has 192 valence electrons. The summed E-state index contributed by atoms with van der Waals surface area (Å²) >= 11 is 11.2. The van der Waals surface area contributed by atoms with Gasteiger partial charge in [-0.25, -0.2) is 8.78 Å². The minimum absolute atomic E-state index is 0.0854. The molecule has 36 heavy (non-hydrogen) atoms. The number of halogens is 4. The fourth-order valence-electron chi connectivity index (χ4n) is 4.58. The van der Waals surface area contributed by atoms with Crippen molar-refractivity contribution in [2.45, 2.75) is 42.9 Å². The summed E-state index contributed by atoms with van der Waals surface area (Å²) in [7, 11) is 0. The lowest BCUT2D eigenvalue weighted by molar-refractivity contribution is -0.157. The molecule has 3 aliphatic rings. The molecule has 12 heteroatoms. The molecule has 2 amide bonds. The molecule has 0 aromatic heterocycles. The van der Waals surface area contributed by atoms with E-state index in [0.29, 0.717) is 0 Å². The average Bonchev–Trinajstić information content (AvgIpc) is 2.85. The molecule has 3 N–H and O–H groups in total. The normalized spacial score (nSPS) is 24.8. The molecule has 3 fully saturated rings. The minimum Gasteiger partial charge on any atom is -0.484 e. The Bertz CT molecular complexity index is 1200. The third-order valence-electron chi connectivity index (χ3n) is 6.53. The summed E-state index contributed by atoms with van der Waals surface area (Å²) in [5.74, 6) is -3.04. The molecular weight excluding hydrogens is 521 g/mol. The van der Waals surface area contributed by atoms with Crippen LogP contribution in [0.3, 0.4) is 0 Å². The molecular formula is C24H22Cl2F2N2O6. The minimum atomic E-state index is -1.55. The first-order valence-corrected chi connectivity index (χ1v) is 11.8. The zero-order valence-electron chi connectivity index (χ0n) is 18.8. The smallest absolute Gasteiger partial charge is 0.258 e. The number of hydrogen-bond acceptors (Lipinski definition) is 6. The van der Waals surface area contributed by atoms with Gasteiger partial charge in [-0.1, -0.05) is 23.2 Å². The largest absolute Gasteiger partial charge is 0.484 e. The Labute approximate surface area is 214 Å². The number of rotatable bonds is 8. The number of hydrogen-bond donors (Lipinski definition) is 3. The molecule has 2 aromatic carbocycles. The second-order valence-electron chi connectivity index (χ2n) is 8.83. The van der Waals surface area contributed by atoms with E-state index in [0.717, 1.165) is 12.1 Å². The first kappa shape index (κ1) is 26.1. The van der Waals surface area contributed by atoms with Gasteiger partial charge in [-0.05, 0) is 49.9 Å². The standard InChI is InChI=1S/C24H22Cl2F2N2O6/c25-15-3-1-13(9-17(15)27)35-11-19(31)29-23-5-7-24(8-6-23,22(34)21(23)33)30-20(32)12-36-14-2-4-16(26)18(28)10-14/h1-4,9-10,21,33H,5-8,11-12H2,(H,29,31)(H,30,32). The Morgan fingerprint density at radius 3 is 1.83 bits per heavy atom. The number of ketones is 1. The van der Waals surface area contributed by atoms with Gasteiger partial charge in [0.2, 0.25) is 0 Å². The van der Waals surface area contributed by atoms with Crippen LogP contribution in [-0.2, 0) is 14.4 Å². The zero-order valence-corrected chi connectivity index (χ0v) is 20.3. The van der Waals surface area contributed by atoms with Gasteiger partial charge in [-0.3, -0.25) is 14.4 Å². The van der Waals surface area contributed by atoms with Crippen LogP contribution in [0.5, 0.6) is 11.5 Å². The Morgan fingerprint density at radius 1 is 0.889 bits per heavy atom. The summed E-state index contributed by atoms with van der Waals surface area (Å²) in [5, 5.41) is 15.9. The van der Waals surface area contributed by atoms with Crippen LogP contribution in [0.4, 0.5) is 8.78 Å². The predicted molar refractivity (Wildman–Crippen MR) is 125 cm³/mol.